The molecule has 0 aliphatic rings. The van der Waals surface area contributed by atoms with Crippen molar-refractivity contribution < 1.29 is 19.7 Å². The smallest absolute Gasteiger partial charge is 0.328 e. The zero-order valence-electron chi connectivity index (χ0n) is 9.19. The van der Waals surface area contributed by atoms with Gasteiger partial charge in [0.25, 0.3) is 0 Å². The summed E-state index contributed by atoms with van der Waals surface area (Å²) in [7, 11) is 1.58. The van der Waals surface area contributed by atoms with Crippen LogP contribution in [0.15, 0.2) is 12.2 Å². The molecule has 0 saturated heterocycles. The molecule has 1 unspecified atom stereocenters. The predicted octanol–water partition coefficient (Wildman–Crippen LogP) is 0.00430. The highest BCUT2D eigenvalue weighted by atomic mass is 16.5. The van der Waals surface area contributed by atoms with Crippen LogP contribution < -0.4 is 5.32 Å². The maximum atomic E-state index is 10.1. The Kier molecular flexibility index (Phi) is 6.94. The van der Waals surface area contributed by atoms with E-state index < -0.39 is 11.6 Å². The number of aliphatic carboxylic acids is 1. The van der Waals surface area contributed by atoms with Crippen LogP contribution in [0.3, 0.4) is 0 Å². The summed E-state index contributed by atoms with van der Waals surface area (Å²) in [4.78, 5) is 10.1. The van der Waals surface area contributed by atoms with Crippen LogP contribution in [0, 0.1) is 0 Å². The second kappa shape index (κ2) is 7.39. The van der Waals surface area contributed by atoms with E-state index in [1.165, 1.54) is 6.08 Å². The molecule has 0 fully saturated rings. The van der Waals surface area contributed by atoms with E-state index in [0.29, 0.717) is 26.1 Å². The van der Waals surface area contributed by atoms with E-state index in [1.54, 1.807) is 14.0 Å². The summed E-state index contributed by atoms with van der Waals surface area (Å²) < 4.78 is 4.86. The van der Waals surface area contributed by atoms with Crippen molar-refractivity contribution in [3.8, 4) is 0 Å². The summed E-state index contributed by atoms with van der Waals surface area (Å²) >= 11 is 0. The van der Waals surface area contributed by atoms with Gasteiger partial charge in [0.2, 0.25) is 0 Å². The van der Waals surface area contributed by atoms with Crippen molar-refractivity contribution in [2.45, 2.75) is 18.9 Å². The van der Waals surface area contributed by atoms with Crippen molar-refractivity contribution in [1.82, 2.24) is 5.32 Å². The zero-order chi connectivity index (χ0) is 11.7. The summed E-state index contributed by atoms with van der Waals surface area (Å²) in [6.45, 7) is 3.04. The molecule has 0 aromatic carbocycles. The van der Waals surface area contributed by atoms with Gasteiger partial charge in [0.15, 0.2) is 0 Å². The lowest BCUT2D eigenvalue weighted by Crippen LogP contribution is -2.38. The van der Waals surface area contributed by atoms with E-state index in [-0.39, 0.29) is 0 Å². The van der Waals surface area contributed by atoms with Gasteiger partial charge in [-0.3, -0.25) is 0 Å². The number of hydrogen-bond donors (Lipinski definition) is 3. The largest absolute Gasteiger partial charge is 0.478 e. The van der Waals surface area contributed by atoms with Gasteiger partial charge in [-0.1, -0.05) is 6.08 Å². The lowest BCUT2D eigenvalue weighted by molar-refractivity contribution is -0.131. The third-order valence-electron chi connectivity index (χ3n) is 1.87. The van der Waals surface area contributed by atoms with Crippen LogP contribution in [0.4, 0.5) is 0 Å². The highest BCUT2D eigenvalue weighted by molar-refractivity contribution is 5.79. The Bertz CT molecular complexity index is 213. The minimum absolute atomic E-state index is 0.403. The van der Waals surface area contributed by atoms with E-state index in [1.807, 2.05) is 0 Å². The Morgan fingerprint density at radius 2 is 2.27 bits per heavy atom. The number of carboxylic acids is 1. The fourth-order valence-corrected chi connectivity index (χ4v) is 0.995. The summed E-state index contributed by atoms with van der Waals surface area (Å²) in [5.74, 6) is -0.969. The standard InChI is InChI=1S/C10H19NO4/c1-10(14,5-7-15-2)8-11-6-3-4-9(12)13/h3-4,11,14H,5-8H2,1-2H3,(H,12,13)/b4-3+. The molecule has 3 N–H and O–H groups in total. The highest BCUT2D eigenvalue weighted by Gasteiger charge is 2.18. The van der Waals surface area contributed by atoms with Crippen LogP contribution in [0.25, 0.3) is 0 Å². The van der Waals surface area contributed by atoms with E-state index in [9.17, 15) is 9.90 Å². The molecule has 0 amide bonds. The van der Waals surface area contributed by atoms with Gasteiger partial charge >= 0.3 is 5.97 Å². The van der Waals surface area contributed by atoms with Crippen molar-refractivity contribution >= 4 is 5.97 Å². The van der Waals surface area contributed by atoms with Crippen LogP contribution in [0.2, 0.25) is 0 Å². The lowest BCUT2D eigenvalue weighted by Gasteiger charge is -2.22. The normalized spacial score (nSPS) is 15.4. The number of aliphatic hydroxyl groups is 1. The third-order valence-corrected chi connectivity index (χ3v) is 1.87. The van der Waals surface area contributed by atoms with Crippen LogP contribution in [0.5, 0.6) is 0 Å². The summed E-state index contributed by atoms with van der Waals surface area (Å²) in [6.07, 6.45) is 3.10. The van der Waals surface area contributed by atoms with E-state index >= 15 is 0 Å². The molecule has 0 saturated carbocycles. The third kappa shape index (κ3) is 9.40. The molecule has 0 bridgehead atoms. The molecule has 0 radical (unpaired) electrons. The molecule has 0 aromatic heterocycles. The molecule has 1 atom stereocenters. The molecule has 0 aliphatic heterocycles. The number of carbonyl (C=O) groups is 1. The quantitative estimate of drug-likeness (QED) is 0.394. The fourth-order valence-electron chi connectivity index (χ4n) is 0.995. The maximum Gasteiger partial charge on any atom is 0.328 e. The first kappa shape index (κ1) is 14.1. The fraction of sp³-hybridized carbons (Fsp3) is 0.700. The van der Waals surface area contributed by atoms with Gasteiger partial charge in [-0.2, -0.15) is 0 Å². The van der Waals surface area contributed by atoms with Crippen molar-refractivity contribution in [2.24, 2.45) is 0 Å². The molecule has 5 nitrogen and oxygen atoms in total. The van der Waals surface area contributed by atoms with Crippen molar-refractivity contribution in [2.75, 3.05) is 26.8 Å². The molecule has 5 heteroatoms. The van der Waals surface area contributed by atoms with Crippen LogP contribution in [0.1, 0.15) is 13.3 Å². The Morgan fingerprint density at radius 1 is 1.60 bits per heavy atom. The van der Waals surface area contributed by atoms with Gasteiger partial charge in [-0.25, -0.2) is 4.79 Å². The Morgan fingerprint density at radius 3 is 2.80 bits per heavy atom. The topological polar surface area (TPSA) is 78.8 Å². The van der Waals surface area contributed by atoms with E-state index in [2.05, 4.69) is 5.32 Å². The molecular formula is C10H19NO4. The molecule has 0 aromatic rings. The summed E-state index contributed by atoms with van der Waals surface area (Å²) in [5, 5.41) is 21.0. The molecule has 88 valence electrons. The average molecular weight is 217 g/mol. The first-order valence-electron chi connectivity index (χ1n) is 4.79. The monoisotopic (exact) mass is 217 g/mol. The van der Waals surface area contributed by atoms with Crippen molar-refractivity contribution in [1.29, 1.82) is 0 Å². The number of rotatable bonds is 8. The van der Waals surface area contributed by atoms with Crippen LogP contribution in [-0.2, 0) is 9.53 Å². The number of carboxylic acid groups (broad SMARTS) is 1. The Labute approximate surface area is 89.7 Å². The zero-order valence-corrected chi connectivity index (χ0v) is 9.19. The van der Waals surface area contributed by atoms with Gasteiger partial charge in [-0.15, -0.1) is 0 Å². The summed E-state index contributed by atoms with van der Waals surface area (Å²) in [5.41, 5.74) is -0.826. The van der Waals surface area contributed by atoms with Gasteiger partial charge < -0.3 is 20.3 Å². The van der Waals surface area contributed by atoms with Gasteiger partial charge in [0, 0.05) is 39.3 Å². The van der Waals surface area contributed by atoms with Crippen molar-refractivity contribution in [3.05, 3.63) is 12.2 Å². The Balaban J connectivity index is 3.60. The SMILES string of the molecule is COCCC(C)(O)CNC/C=C/C(=O)O. The first-order valence-corrected chi connectivity index (χ1v) is 4.79. The Hall–Kier alpha value is -0.910. The minimum Gasteiger partial charge on any atom is -0.478 e. The number of ether oxygens (including phenoxy) is 1. The average Bonchev–Trinajstić information content (AvgIpc) is 2.14. The van der Waals surface area contributed by atoms with E-state index in [4.69, 9.17) is 9.84 Å². The maximum absolute atomic E-state index is 10.1. The number of hydrogen-bond acceptors (Lipinski definition) is 4. The van der Waals surface area contributed by atoms with Gasteiger partial charge in [0.05, 0.1) is 5.60 Å². The second-order valence-electron chi connectivity index (χ2n) is 3.61. The predicted molar refractivity (Wildman–Crippen MR) is 56.8 cm³/mol. The number of methoxy groups -OCH3 is 1. The molecule has 0 aliphatic carbocycles. The van der Waals surface area contributed by atoms with Gasteiger partial charge in [-0.05, 0) is 6.92 Å². The lowest BCUT2D eigenvalue weighted by atomic mass is 10.0. The second-order valence-corrected chi connectivity index (χ2v) is 3.61. The highest BCUT2D eigenvalue weighted by Crippen LogP contribution is 2.06. The molecule has 15 heavy (non-hydrogen) atoms. The van der Waals surface area contributed by atoms with Gasteiger partial charge in [0.1, 0.15) is 0 Å². The van der Waals surface area contributed by atoms with Crippen LogP contribution >= 0.6 is 0 Å². The summed E-state index contributed by atoms with van der Waals surface area (Å²) in [6, 6.07) is 0. The molecule has 0 spiro atoms. The molecule has 0 heterocycles. The first-order chi connectivity index (χ1) is 6.98. The van der Waals surface area contributed by atoms with Crippen LogP contribution in [-0.4, -0.2) is 48.6 Å². The van der Waals surface area contributed by atoms with E-state index in [0.717, 1.165) is 6.08 Å². The molecule has 0 rings (SSSR count). The van der Waals surface area contributed by atoms with Crippen molar-refractivity contribution in [3.63, 3.8) is 0 Å². The molecular weight excluding hydrogens is 198 g/mol. The number of nitrogens with one attached hydrogen (secondary N) is 1. The minimum atomic E-state index is -0.969.